The number of hydrogen-bond donors (Lipinski definition) is 0. The lowest BCUT2D eigenvalue weighted by Gasteiger charge is -2.04. The van der Waals surface area contributed by atoms with E-state index in [1.165, 1.54) is 6.08 Å². The van der Waals surface area contributed by atoms with Crippen molar-refractivity contribution >= 4 is 33.1 Å². The van der Waals surface area contributed by atoms with Gasteiger partial charge in [0.2, 0.25) is 0 Å². The van der Waals surface area contributed by atoms with Crippen LogP contribution in [0.25, 0.3) is 0 Å². The Labute approximate surface area is 154 Å². The number of carbonyl (C=O) groups excluding carboxylic acids is 1. The van der Waals surface area contributed by atoms with Crippen molar-refractivity contribution < 1.29 is 4.79 Å². The van der Waals surface area contributed by atoms with Crippen molar-refractivity contribution in [3.05, 3.63) is 106 Å². The van der Waals surface area contributed by atoms with E-state index in [0.717, 1.165) is 28.1 Å². The second kappa shape index (κ2) is 6.57. The minimum atomic E-state index is -0.0538. The first-order valence-corrected chi connectivity index (χ1v) is 8.64. The molecule has 0 atom stereocenters. The highest BCUT2D eigenvalue weighted by atomic mass is 79.9. The van der Waals surface area contributed by atoms with Crippen LogP contribution in [0.3, 0.4) is 0 Å². The molecule has 1 heterocycles. The van der Waals surface area contributed by atoms with Crippen LogP contribution in [-0.2, 0) is 4.79 Å². The molecule has 0 radical (unpaired) electrons. The van der Waals surface area contributed by atoms with Gasteiger partial charge in [0.25, 0.3) is 0 Å². The Morgan fingerprint density at radius 1 is 0.720 bits per heavy atom. The highest BCUT2D eigenvalue weighted by Crippen LogP contribution is 2.27. The summed E-state index contributed by atoms with van der Waals surface area (Å²) in [5.74, 6) is 0.556. The predicted octanol–water partition coefficient (Wildman–Crippen LogP) is 4.61. The molecule has 4 rings (SSSR count). The SMILES string of the molecule is O=C1C=CC(=C2N=C(c3ccccc3)C(c3ccccc3)=N2)C=C1Br. The molecule has 3 nitrogen and oxygen atoms in total. The lowest BCUT2D eigenvalue weighted by molar-refractivity contribution is -0.110. The van der Waals surface area contributed by atoms with E-state index in [2.05, 4.69) is 15.9 Å². The molecule has 0 unspecified atom stereocenters. The first kappa shape index (κ1) is 15.7. The monoisotopic (exact) mass is 388 g/mol. The molecule has 120 valence electrons. The summed E-state index contributed by atoms with van der Waals surface area (Å²) in [6.45, 7) is 0. The average molecular weight is 389 g/mol. The number of halogens is 1. The molecule has 0 amide bonds. The van der Waals surface area contributed by atoms with E-state index in [4.69, 9.17) is 9.98 Å². The lowest BCUT2D eigenvalue weighted by Crippen LogP contribution is -2.13. The van der Waals surface area contributed by atoms with Crippen molar-refractivity contribution in [1.82, 2.24) is 0 Å². The van der Waals surface area contributed by atoms with Crippen LogP contribution in [0.15, 0.2) is 105 Å². The predicted molar refractivity (Wildman–Crippen MR) is 104 cm³/mol. The number of rotatable bonds is 2. The largest absolute Gasteiger partial charge is 0.289 e. The topological polar surface area (TPSA) is 41.8 Å². The zero-order valence-electron chi connectivity index (χ0n) is 13.2. The van der Waals surface area contributed by atoms with E-state index in [0.29, 0.717) is 10.3 Å². The molecule has 0 saturated heterocycles. The highest BCUT2D eigenvalue weighted by molar-refractivity contribution is 9.12. The summed E-state index contributed by atoms with van der Waals surface area (Å²) in [6.07, 6.45) is 5.05. The minimum Gasteiger partial charge on any atom is -0.289 e. The van der Waals surface area contributed by atoms with Gasteiger partial charge in [-0.3, -0.25) is 4.79 Å². The van der Waals surface area contributed by atoms with E-state index in [9.17, 15) is 4.79 Å². The summed E-state index contributed by atoms with van der Waals surface area (Å²) in [7, 11) is 0. The fourth-order valence-electron chi connectivity index (χ4n) is 2.71. The summed E-state index contributed by atoms with van der Waals surface area (Å²) >= 11 is 3.29. The van der Waals surface area contributed by atoms with Crippen molar-refractivity contribution in [2.75, 3.05) is 0 Å². The van der Waals surface area contributed by atoms with E-state index >= 15 is 0 Å². The van der Waals surface area contributed by atoms with Crippen LogP contribution in [0.5, 0.6) is 0 Å². The van der Waals surface area contributed by atoms with Crippen molar-refractivity contribution in [1.29, 1.82) is 0 Å². The number of aliphatic imine (C=N–C) groups is 2. The quantitative estimate of drug-likeness (QED) is 0.740. The lowest BCUT2D eigenvalue weighted by atomic mass is 10.0. The van der Waals surface area contributed by atoms with Crippen LogP contribution in [0, 0.1) is 0 Å². The van der Waals surface area contributed by atoms with E-state index < -0.39 is 0 Å². The van der Waals surface area contributed by atoms with Gasteiger partial charge in [0, 0.05) is 16.7 Å². The van der Waals surface area contributed by atoms with Crippen LogP contribution >= 0.6 is 15.9 Å². The Balaban J connectivity index is 1.88. The van der Waals surface area contributed by atoms with Gasteiger partial charge in [-0.1, -0.05) is 60.7 Å². The van der Waals surface area contributed by atoms with Crippen LogP contribution in [0.1, 0.15) is 11.1 Å². The van der Waals surface area contributed by atoms with Gasteiger partial charge in [-0.15, -0.1) is 0 Å². The number of carbonyl (C=O) groups is 1. The van der Waals surface area contributed by atoms with Gasteiger partial charge in [-0.05, 0) is 34.2 Å². The normalized spacial score (nSPS) is 16.7. The number of hydrogen-bond acceptors (Lipinski definition) is 3. The molecule has 1 aliphatic heterocycles. The third kappa shape index (κ3) is 3.08. The summed E-state index contributed by atoms with van der Waals surface area (Å²) in [5.41, 5.74) is 4.51. The fourth-order valence-corrected chi connectivity index (χ4v) is 3.09. The van der Waals surface area contributed by atoms with Crippen molar-refractivity contribution in [3.63, 3.8) is 0 Å². The van der Waals surface area contributed by atoms with Crippen LogP contribution in [0.4, 0.5) is 0 Å². The summed E-state index contributed by atoms with van der Waals surface area (Å²) in [4.78, 5) is 21.2. The maximum atomic E-state index is 11.6. The average Bonchev–Trinajstić information content (AvgIpc) is 3.11. The number of benzene rings is 2. The molecule has 0 saturated carbocycles. The zero-order valence-corrected chi connectivity index (χ0v) is 14.8. The minimum absolute atomic E-state index is 0.0538. The molecule has 25 heavy (non-hydrogen) atoms. The van der Waals surface area contributed by atoms with Crippen molar-refractivity contribution in [3.8, 4) is 0 Å². The van der Waals surface area contributed by atoms with Gasteiger partial charge in [-0.25, -0.2) is 9.98 Å². The molecule has 4 heteroatoms. The summed E-state index contributed by atoms with van der Waals surface area (Å²) in [6, 6.07) is 20.0. The maximum absolute atomic E-state index is 11.6. The summed E-state index contributed by atoms with van der Waals surface area (Å²) in [5, 5.41) is 0. The van der Waals surface area contributed by atoms with Gasteiger partial charge in [0.15, 0.2) is 11.6 Å². The van der Waals surface area contributed by atoms with Gasteiger partial charge in [0.1, 0.15) is 0 Å². The Hall–Kier alpha value is -2.85. The fraction of sp³-hybridized carbons (Fsp3) is 0. The van der Waals surface area contributed by atoms with Gasteiger partial charge < -0.3 is 0 Å². The first-order valence-electron chi connectivity index (χ1n) is 7.85. The molecule has 2 aromatic rings. The van der Waals surface area contributed by atoms with Crippen LogP contribution < -0.4 is 0 Å². The Morgan fingerprint density at radius 2 is 1.24 bits per heavy atom. The molecule has 0 aromatic heterocycles. The second-order valence-electron chi connectivity index (χ2n) is 5.62. The van der Waals surface area contributed by atoms with Gasteiger partial charge in [0.05, 0.1) is 15.9 Å². The zero-order chi connectivity index (χ0) is 17.2. The smallest absolute Gasteiger partial charge is 0.192 e. The molecule has 1 aliphatic carbocycles. The van der Waals surface area contributed by atoms with Crippen molar-refractivity contribution in [2.24, 2.45) is 9.98 Å². The Kier molecular flexibility index (Phi) is 4.12. The molecule has 0 bridgehead atoms. The standard InChI is InChI=1S/C21H13BrN2O/c22-17-13-16(11-12-18(17)25)21-23-19(14-7-3-1-4-8-14)20(24-21)15-9-5-2-6-10-15/h1-13H. The molecule has 2 aromatic carbocycles. The molecule has 0 N–H and O–H groups in total. The first-order chi connectivity index (χ1) is 12.2. The Bertz CT molecular complexity index is 939. The summed E-state index contributed by atoms with van der Waals surface area (Å²) < 4.78 is 0.511. The third-order valence-corrected chi connectivity index (χ3v) is 4.56. The van der Waals surface area contributed by atoms with Crippen LogP contribution in [0.2, 0.25) is 0 Å². The second-order valence-corrected chi connectivity index (χ2v) is 6.48. The molecular weight excluding hydrogens is 376 g/mol. The highest BCUT2D eigenvalue weighted by Gasteiger charge is 2.22. The van der Waals surface area contributed by atoms with E-state index in [1.807, 2.05) is 60.7 Å². The molecule has 2 aliphatic rings. The molecule has 0 fully saturated rings. The molecule has 0 spiro atoms. The van der Waals surface area contributed by atoms with E-state index in [-0.39, 0.29) is 5.78 Å². The number of nitrogens with zero attached hydrogens (tertiary/aromatic N) is 2. The Morgan fingerprint density at radius 3 is 1.72 bits per heavy atom. The van der Waals surface area contributed by atoms with Crippen molar-refractivity contribution in [2.45, 2.75) is 0 Å². The van der Waals surface area contributed by atoms with Gasteiger partial charge >= 0.3 is 0 Å². The van der Waals surface area contributed by atoms with E-state index in [1.54, 1.807) is 12.2 Å². The van der Waals surface area contributed by atoms with Gasteiger partial charge in [-0.2, -0.15) is 0 Å². The number of allylic oxidation sites excluding steroid dienone is 5. The third-order valence-electron chi connectivity index (χ3n) is 3.94. The maximum Gasteiger partial charge on any atom is 0.192 e. The van der Waals surface area contributed by atoms with Crippen LogP contribution in [-0.4, -0.2) is 17.2 Å². The molecular formula is C21H13BrN2O. The number of ketones is 1.